The Labute approximate surface area is 119 Å². The van der Waals surface area contributed by atoms with Gasteiger partial charge in [0.1, 0.15) is 17.5 Å². The Kier molecular flexibility index (Phi) is 4.31. The number of halogens is 1. The van der Waals surface area contributed by atoms with Crippen LogP contribution in [0.15, 0.2) is 34.8 Å². The van der Waals surface area contributed by atoms with Gasteiger partial charge >= 0.3 is 0 Å². The number of nitriles is 1. The number of aromatic nitrogens is 2. The van der Waals surface area contributed by atoms with Crippen molar-refractivity contribution in [3.8, 4) is 6.19 Å². The molecule has 6 heteroatoms. The largest absolute Gasteiger partial charge is 0.366 e. The van der Waals surface area contributed by atoms with Gasteiger partial charge in [-0.2, -0.15) is 5.26 Å². The minimum absolute atomic E-state index is 0.492. The SMILES string of the molecule is Cc1nc(NC#N)cc(NCc2cccc(Br)c2)n1. The van der Waals surface area contributed by atoms with E-state index in [0.717, 1.165) is 10.0 Å². The number of nitrogens with zero attached hydrogens (tertiary/aromatic N) is 3. The summed E-state index contributed by atoms with van der Waals surface area (Å²) in [4.78, 5) is 8.37. The Morgan fingerprint density at radius 2 is 2.05 bits per heavy atom. The lowest BCUT2D eigenvalue weighted by molar-refractivity contribution is 1.02. The molecule has 2 rings (SSSR count). The van der Waals surface area contributed by atoms with Gasteiger partial charge in [-0.3, -0.25) is 5.32 Å². The van der Waals surface area contributed by atoms with Crippen molar-refractivity contribution in [2.45, 2.75) is 13.5 Å². The molecule has 0 fully saturated rings. The van der Waals surface area contributed by atoms with Crippen molar-refractivity contribution in [3.05, 3.63) is 46.2 Å². The average Bonchev–Trinajstić information content (AvgIpc) is 2.36. The van der Waals surface area contributed by atoms with E-state index in [0.29, 0.717) is 24.0 Å². The molecule has 0 amide bonds. The number of anilines is 2. The van der Waals surface area contributed by atoms with E-state index in [2.05, 4.69) is 36.5 Å². The van der Waals surface area contributed by atoms with Gasteiger partial charge in [0.25, 0.3) is 0 Å². The second-order valence-electron chi connectivity index (χ2n) is 3.91. The summed E-state index contributed by atoms with van der Waals surface area (Å²) in [5, 5.41) is 14.3. The summed E-state index contributed by atoms with van der Waals surface area (Å²) in [5.74, 6) is 1.79. The van der Waals surface area contributed by atoms with E-state index in [1.807, 2.05) is 30.5 Å². The Bertz CT molecular complexity index is 621. The first-order valence-electron chi connectivity index (χ1n) is 5.66. The zero-order chi connectivity index (χ0) is 13.7. The third-order valence-electron chi connectivity index (χ3n) is 2.38. The smallest absolute Gasteiger partial charge is 0.182 e. The molecule has 2 aromatic rings. The van der Waals surface area contributed by atoms with Crippen LogP contribution in [0.3, 0.4) is 0 Å². The molecule has 0 saturated carbocycles. The average molecular weight is 318 g/mol. The van der Waals surface area contributed by atoms with E-state index in [-0.39, 0.29) is 0 Å². The number of hydrogen-bond donors (Lipinski definition) is 2. The Morgan fingerprint density at radius 1 is 1.26 bits per heavy atom. The zero-order valence-electron chi connectivity index (χ0n) is 10.3. The summed E-state index contributed by atoms with van der Waals surface area (Å²) < 4.78 is 1.04. The second kappa shape index (κ2) is 6.16. The molecule has 1 heterocycles. The molecular weight excluding hydrogens is 306 g/mol. The topological polar surface area (TPSA) is 73.6 Å². The molecule has 2 N–H and O–H groups in total. The van der Waals surface area contributed by atoms with Crippen LogP contribution in [0, 0.1) is 18.4 Å². The van der Waals surface area contributed by atoms with Crippen LogP contribution in [-0.2, 0) is 6.54 Å². The monoisotopic (exact) mass is 317 g/mol. The summed E-state index contributed by atoms with van der Waals surface area (Å²) in [6, 6.07) is 9.73. The first-order valence-corrected chi connectivity index (χ1v) is 6.46. The minimum atomic E-state index is 0.492. The zero-order valence-corrected chi connectivity index (χ0v) is 11.9. The quantitative estimate of drug-likeness (QED) is 0.669. The van der Waals surface area contributed by atoms with Crippen molar-refractivity contribution in [1.29, 1.82) is 5.26 Å². The highest BCUT2D eigenvalue weighted by Crippen LogP contribution is 2.15. The van der Waals surface area contributed by atoms with Gasteiger partial charge in [-0.25, -0.2) is 9.97 Å². The van der Waals surface area contributed by atoms with Gasteiger partial charge in [0, 0.05) is 17.1 Å². The standard InChI is InChI=1S/C13H12BrN5/c1-9-18-12(6-13(19-9)17-8-15)16-7-10-3-2-4-11(14)5-10/h2-6H,7H2,1H3,(H2,16,17,18,19). The normalized spacial score (nSPS) is 9.74. The number of hydrogen-bond acceptors (Lipinski definition) is 5. The van der Waals surface area contributed by atoms with Crippen LogP contribution in [-0.4, -0.2) is 9.97 Å². The Balaban J connectivity index is 2.09. The van der Waals surface area contributed by atoms with Crippen LogP contribution >= 0.6 is 15.9 Å². The molecule has 0 unspecified atom stereocenters. The van der Waals surface area contributed by atoms with Crippen LogP contribution in [0.5, 0.6) is 0 Å². The van der Waals surface area contributed by atoms with Crippen molar-refractivity contribution in [1.82, 2.24) is 9.97 Å². The predicted octanol–water partition coefficient (Wildman–Crippen LogP) is 3.05. The summed E-state index contributed by atoms with van der Waals surface area (Å²) >= 11 is 3.43. The van der Waals surface area contributed by atoms with Crippen molar-refractivity contribution in [3.63, 3.8) is 0 Å². The summed E-state index contributed by atoms with van der Waals surface area (Å²) in [7, 11) is 0. The van der Waals surface area contributed by atoms with Crippen molar-refractivity contribution < 1.29 is 0 Å². The van der Waals surface area contributed by atoms with E-state index < -0.39 is 0 Å². The third-order valence-corrected chi connectivity index (χ3v) is 2.88. The van der Waals surface area contributed by atoms with Crippen LogP contribution in [0.2, 0.25) is 0 Å². The Hall–Kier alpha value is -2.13. The van der Waals surface area contributed by atoms with Gasteiger partial charge in [-0.15, -0.1) is 0 Å². The van der Waals surface area contributed by atoms with Crippen molar-refractivity contribution >= 4 is 27.6 Å². The van der Waals surface area contributed by atoms with Crippen LogP contribution in [0.25, 0.3) is 0 Å². The number of rotatable bonds is 4. The lowest BCUT2D eigenvalue weighted by Gasteiger charge is -2.08. The first kappa shape index (κ1) is 13.3. The maximum Gasteiger partial charge on any atom is 0.182 e. The second-order valence-corrected chi connectivity index (χ2v) is 4.82. The van der Waals surface area contributed by atoms with Crippen molar-refractivity contribution in [2.75, 3.05) is 10.6 Å². The fourth-order valence-corrected chi connectivity index (χ4v) is 2.07. The molecule has 0 aliphatic rings. The highest BCUT2D eigenvalue weighted by atomic mass is 79.9. The lowest BCUT2D eigenvalue weighted by atomic mass is 10.2. The summed E-state index contributed by atoms with van der Waals surface area (Å²) in [6.07, 6.45) is 1.85. The van der Waals surface area contributed by atoms with Gasteiger partial charge in [-0.1, -0.05) is 28.1 Å². The molecule has 96 valence electrons. The van der Waals surface area contributed by atoms with Crippen LogP contribution < -0.4 is 10.6 Å². The molecule has 0 bridgehead atoms. The lowest BCUT2D eigenvalue weighted by Crippen LogP contribution is -2.04. The molecule has 1 aromatic carbocycles. The van der Waals surface area contributed by atoms with E-state index in [1.165, 1.54) is 0 Å². The molecule has 0 aliphatic carbocycles. The molecule has 1 aromatic heterocycles. The van der Waals surface area contributed by atoms with Crippen LogP contribution in [0.4, 0.5) is 11.6 Å². The fourth-order valence-electron chi connectivity index (χ4n) is 1.62. The number of benzene rings is 1. The molecule has 0 spiro atoms. The van der Waals surface area contributed by atoms with Crippen LogP contribution in [0.1, 0.15) is 11.4 Å². The van der Waals surface area contributed by atoms with Gasteiger partial charge < -0.3 is 5.32 Å². The number of nitrogens with one attached hydrogen (secondary N) is 2. The van der Waals surface area contributed by atoms with E-state index >= 15 is 0 Å². The van der Waals surface area contributed by atoms with E-state index in [4.69, 9.17) is 5.26 Å². The molecular formula is C13H12BrN5. The maximum absolute atomic E-state index is 8.59. The number of aryl methyl sites for hydroxylation is 1. The third kappa shape index (κ3) is 3.93. The molecule has 19 heavy (non-hydrogen) atoms. The predicted molar refractivity (Wildman–Crippen MR) is 77.5 cm³/mol. The van der Waals surface area contributed by atoms with Crippen molar-refractivity contribution in [2.24, 2.45) is 0 Å². The summed E-state index contributed by atoms with van der Waals surface area (Å²) in [5.41, 5.74) is 1.14. The molecule has 0 aliphatic heterocycles. The highest BCUT2D eigenvalue weighted by Gasteiger charge is 2.01. The van der Waals surface area contributed by atoms with E-state index in [1.54, 1.807) is 13.0 Å². The van der Waals surface area contributed by atoms with Gasteiger partial charge in [0.05, 0.1) is 0 Å². The van der Waals surface area contributed by atoms with Gasteiger partial charge in [0.15, 0.2) is 6.19 Å². The Morgan fingerprint density at radius 3 is 2.79 bits per heavy atom. The first-order chi connectivity index (χ1) is 9.17. The van der Waals surface area contributed by atoms with Gasteiger partial charge in [-0.05, 0) is 24.6 Å². The molecule has 5 nitrogen and oxygen atoms in total. The molecule has 0 saturated heterocycles. The van der Waals surface area contributed by atoms with E-state index in [9.17, 15) is 0 Å². The maximum atomic E-state index is 8.59. The van der Waals surface area contributed by atoms with Gasteiger partial charge in [0.2, 0.25) is 0 Å². The fraction of sp³-hybridized carbons (Fsp3) is 0.154. The highest BCUT2D eigenvalue weighted by molar-refractivity contribution is 9.10. The molecule has 0 atom stereocenters. The summed E-state index contributed by atoms with van der Waals surface area (Å²) in [6.45, 7) is 2.44. The molecule has 0 radical (unpaired) electrons. The minimum Gasteiger partial charge on any atom is -0.366 e.